The van der Waals surface area contributed by atoms with E-state index in [1.165, 1.54) is 12.4 Å². The van der Waals surface area contributed by atoms with E-state index in [-0.39, 0.29) is 10.8 Å². The number of nitro groups is 2. The van der Waals surface area contributed by atoms with Gasteiger partial charge in [0, 0.05) is 12.4 Å². The highest BCUT2D eigenvalue weighted by atomic mass is 36.0. The van der Waals surface area contributed by atoms with Gasteiger partial charge in [-0.25, -0.2) is 4.98 Å². The molecule has 0 saturated carbocycles. The van der Waals surface area contributed by atoms with E-state index in [4.69, 9.17) is 11.6 Å². The van der Waals surface area contributed by atoms with Gasteiger partial charge >= 0.3 is 22.1 Å². The van der Waals surface area contributed by atoms with E-state index < -0.39 is 26.3 Å². The number of hydrogen-bond donors (Lipinski definition) is 1. The van der Waals surface area contributed by atoms with Gasteiger partial charge in [-0.2, -0.15) is 0 Å². The summed E-state index contributed by atoms with van der Waals surface area (Å²) in [6, 6.07) is 29.9. The number of aromatic nitrogens is 2. The van der Waals surface area contributed by atoms with Crippen LogP contribution in [0.1, 0.15) is 0 Å². The Morgan fingerprint density at radius 3 is 1.58 bits per heavy atom. The summed E-state index contributed by atoms with van der Waals surface area (Å²) in [7, 11) is 0. The zero-order valence-corrected chi connectivity index (χ0v) is 26.6. The minimum absolute atomic E-state index is 0.0966. The highest BCUT2D eigenvalue weighted by Gasteiger charge is 2.21. The van der Waals surface area contributed by atoms with Gasteiger partial charge in [-0.3, -0.25) is 29.6 Å². The quantitative estimate of drug-likeness (QED) is 0.0830. The molecular weight excluding hydrogens is 685 g/mol. The molecule has 0 atom stereocenters. The zero-order chi connectivity index (χ0) is 32.7. The van der Waals surface area contributed by atoms with Crippen molar-refractivity contribution in [2.75, 3.05) is 0 Å². The summed E-state index contributed by atoms with van der Waals surface area (Å²) in [6.07, 6.45) is 2.89. The first-order valence-electron chi connectivity index (χ1n) is 12.7. The van der Waals surface area contributed by atoms with Gasteiger partial charge in [-0.1, -0.05) is 84.4 Å². The molecule has 2 aromatic heterocycles. The molecule has 0 bridgehead atoms. The Labute approximate surface area is 274 Å². The highest BCUT2D eigenvalue weighted by Crippen LogP contribution is 2.61. The van der Waals surface area contributed by atoms with Crippen molar-refractivity contribution in [3.8, 4) is 22.3 Å². The van der Waals surface area contributed by atoms with Gasteiger partial charge in [-0.05, 0) is 90.7 Å². The lowest BCUT2D eigenvalue weighted by molar-refractivity contribution is -0.385. The fraction of sp³-hybridized carbons (Fsp3) is 0. The molecule has 10 nitrogen and oxygen atoms in total. The highest BCUT2D eigenvalue weighted by molar-refractivity contribution is 8.24. The summed E-state index contributed by atoms with van der Waals surface area (Å²) in [4.78, 5) is 38.8. The lowest BCUT2D eigenvalue weighted by atomic mass is 10.0. The smallest absolute Gasteiger partial charge is 0.323 e. The standard InChI is InChI=1S/C15H9ClN2O2.C15H10N2O3.Cl3OP/c16-15-14(18(19)20)13(7-8-17-15)12-6-5-10-3-1-2-4-11(10)9-12;18-15-14(17(19)20)13(7-8-16-15)12-6-5-10-3-1-2-4-11(10)9-12;1-5(2,3)4/h1-9H;1-9H,(H,16,18);. The van der Waals surface area contributed by atoms with Crippen molar-refractivity contribution in [1.82, 2.24) is 9.97 Å². The molecule has 4 aromatic carbocycles. The van der Waals surface area contributed by atoms with Crippen LogP contribution in [0.2, 0.25) is 5.15 Å². The van der Waals surface area contributed by atoms with Gasteiger partial charge in [0.25, 0.3) is 0 Å². The first-order valence-corrected chi connectivity index (χ1v) is 17.5. The molecule has 0 aliphatic rings. The second-order valence-electron chi connectivity index (χ2n) is 9.10. The largest absolute Gasteiger partial charge is 0.341 e. The van der Waals surface area contributed by atoms with Crippen LogP contribution in [0, 0.1) is 20.2 Å². The fourth-order valence-corrected chi connectivity index (χ4v) is 4.66. The molecule has 6 aromatic rings. The molecule has 0 radical (unpaired) electrons. The number of nitrogens with one attached hydrogen (secondary N) is 1. The lowest BCUT2D eigenvalue weighted by Gasteiger charge is -2.05. The predicted molar refractivity (Wildman–Crippen MR) is 181 cm³/mol. The number of halogens is 4. The van der Waals surface area contributed by atoms with Crippen LogP contribution in [0.4, 0.5) is 11.4 Å². The SMILES string of the molecule is O=P(Cl)(Cl)Cl.O=[N+]([O-])c1c(-c2ccc3ccccc3c2)ccnc1Cl.O=c1[nH]ccc(-c2ccc3ccccc3c2)c1[N+](=O)[O-]. The fourth-order valence-electron chi connectivity index (χ4n) is 4.43. The van der Waals surface area contributed by atoms with Crippen molar-refractivity contribution >= 4 is 83.4 Å². The van der Waals surface area contributed by atoms with Crippen LogP contribution in [0.3, 0.4) is 0 Å². The molecule has 1 N–H and O–H groups in total. The van der Waals surface area contributed by atoms with E-state index in [9.17, 15) is 29.6 Å². The van der Waals surface area contributed by atoms with Gasteiger partial charge in [0.1, 0.15) is 0 Å². The first-order chi connectivity index (χ1) is 21.3. The van der Waals surface area contributed by atoms with E-state index in [2.05, 4.69) is 43.7 Å². The van der Waals surface area contributed by atoms with Crippen molar-refractivity contribution < 1.29 is 14.4 Å². The van der Waals surface area contributed by atoms with Crippen LogP contribution in [0.15, 0.2) is 114 Å². The van der Waals surface area contributed by atoms with Crippen LogP contribution < -0.4 is 5.56 Å². The van der Waals surface area contributed by atoms with Crippen molar-refractivity contribution in [1.29, 1.82) is 0 Å². The minimum atomic E-state index is -3.22. The predicted octanol–water partition coefficient (Wildman–Crippen LogP) is 10.4. The molecule has 0 aliphatic carbocycles. The van der Waals surface area contributed by atoms with Crippen molar-refractivity contribution in [3.05, 3.63) is 145 Å². The Morgan fingerprint density at radius 1 is 0.667 bits per heavy atom. The zero-order valence-electron chi connectivity index (χ0n) is 22.6. The molecule has 45 heavy (non-hydrogen) atoms. The van der Waals surface area contributed by atoms with E-state index in [1.54, 1.807) is 18.2 Å². The van der Waals surface area contributed by atoms with Crippen LogP contribution in [0.25, 0.3) is 43.8 Å². The number of aromatic amines is 1. The number of fused-ring (bicyclic) bond motifs is 2. The van der Waals surface area contributed by atoms with Crippen molar-refractivity contribution in [2.45, 2.75) is 0 Å². The summed E-state index contributed by atoms with van der Waals surface area (Å²) in [6.45, 7) is 0. The van der Waals surface area contributed by atoms with E-state index in [0.29, 0.717) is 16.7 Å². The third-order valence-electron chi connectivity index (χ3n) is 6.30. The number of rotatable bonds is 4. The van der Waals surface area contributed by atoms with Gasteiger partial charge < -0.3 is 4.98 Å². The minimum Gasteiger partial charge on any atom is -0.323 e. The Bertz CT molecular complexity index is 2150. The topological polar surface area (TPSA) is 149 Å². The van der Waals surface area contributed by atoms with Crippen molar-refractivity contribution in [2.24, 2.45) is 0 Å². The van der Waals surface area contributed by atoms with Gasteiger partial charge in [0.2, 0.25) is 5.15 Å². The van der Waals surface area contributed by atoms with Gasteiger partial charge in [0.05, 0.1) is 21.0 Å². The Morgan fingerprint density at radius 2 is 1.11 bits per heavy atom. The summed E-state index contributed by atoms with van der Waals surface area (Å²) in [5.74, 6) is 0. The number of H-pyrrole nitrogens is 1. The van der Waals surface area contributed by atoms with E-state index in [1.807, 2.05) is 78.9 Å². The maximum atomic E-state index is 11.6. The second kappa shape index (κ2) is 14.6. The van der Waals surface area contributed by atoms with Crippen LogP contribution in [-0.2, 0) is 4.57 Å². The molecule has 0 saturated heterocycles. The van der Waals surface area contributed by atoms with E-state index >= 15 is 0 Å². The monoisotopic (exact) mass is 702 g/mol. The Balaban J connectivity index is 0.000000179. The molecule has 0 aliphatic heterocycles. The Kier molecular flexibility index (Phi) is 10.9. The Hall–Kier alpha value is -4.31. The summed E-state index contributed by atoms with van der Waals surface area (Å²) in [5, 5.41) is 23.0. The molecule has 0 spiro atoms. The number of benzene rings is 4. The average Bonchev–Trinajstić information content (AvgIpc) is 2.99. The third-order valence-corrected chi connectivity index (χ3v) is 6.58. The molecule has 15 heteroatoms. The summed E-state index contributed by atoms with van der Waals surface area (Å²) in [5.41, 5.74) is 0.916. The van der Waals surface area contributed by atoms with Crippen LogP contribution >= 0.6 is 50.5 Å². The van der Waals surface area contributed by atoms with Crippen molar-refractivity contribution in [3.63, 3.8) is 0 Å². The average molecular weight is 704 g/mol. The summed E-state index contributed by atoms with van der Waals surface area (Å²) >= 11 is 19.7. The maximum absolute atomic E-state index is 11.6. The molecular formula is C30H19Cl4N4O6P. The first kappa shape index (κ1) is 33.6. The van der Waals surface area contributed by atoms with Gasteiger partial charge in [-0.15, -0.1) is 0 Å². The second-order valence-corrected chi connectivity index (χ2v) is 16.1. The van der Waals surface area contributed by atoms with Crippen LogP contribution in [0.5, 0.6) is 0 Å². The molecule has 2 heterocycles. The molecule has 0 unspecified atom stereocenters. The van der Waals surface area contributed by atoms with E-state index in [0.717, 1.165) is 27.1 Å². The third kappa shape index (κ3) is 8.88. The summed E-state index contributed by atoms with van der Waals surface area (Å²) < 4.78 is 9.51. The number of hydrogen-bond acceptors (Lipinski definition) is 7. The lowest BCUT2D eigenvalue weighted by Crippen LogP contribution is -2.11. The normalized spacial score (nSPS) is 10.8. The molecule has 228 valence electrons. The van der Waals surface area contributed by atoms with Crippen LogP contribution in [-0.4, -0.2) is 19.8 Å². The molecule has 6 rings (SSSR count). The molecule has 0 fully saturated rings. The number of nitrogens with zero attached hydrogens (tertiary/aromatic N) is 3. The van der Waals surface area contributed by atoms with Gasteiger partial charge in [0.15, 0.2) is 0 Å². The maximum Gasteiger partial charge on any atom is 0.341 e. The molecule has 0 amide bonds. The number of pyridine rings is 2.